The Morgan fingerprint density at radius 3 is 2.55 bits per heavy atom. The van der Waals surface area contributed by atoms with Gasteiger partial charge in [-0.1, -0.05) is 18.2 Å². The summed E-state index contributed by atoms with van der Waals surface area (Å²) < 4.78 is 41.2. The highest BCUT2D eigenvalue weighted by Gasteiger charge is 2.32. The van der Waals surface area contributed by atoms with Crippen LogP contribution in [0.3, 0.4) is 0 Å². The van der Waals surface area contributed by atoms with Gasteiger partial charge in [0.1, 0.15) is 5.75 Å². The van der Waals surface area contributed by atoms with Crippen LogP contribution in [0, 0.1) is 6.92 Å². The van der Waals surface area contributed by atoms with Crippen molar-refractivity contribution in [1.82, 2.24) is 4.90 Å². The molecule has 7 heteroatoms. The summed E-state index contributed by atoms with van der Waals surface area (Å²) in [5, 5.41) is 1.80. The van der Waals surface area contributed by atoms with Gasteiger partial charge in [0.2, 0.25) is 0 Å². The van der Waals surface area contributed by atoms with Crippen LogP contribution in [0.15, 0.2) is 35.7 Å². The van der Waals surface area contributed by atoms with Crippen LogP contribution in [0.1, 0.15) is 20.8 Å². The predicted octanol–water partition coefficient (Wildman–Crippen LogP) is 4.23. The molecule has 1 heterocycles. The quantitative estimate of drug-likeness (QED) is 0.840. The summed E-state index contributed by atoms with van der Waals surface area (Å²) in [5.74, 6) is -0.521. The van der Waals surface area contributed by atoms with Gasteiger partial charge in [-0.05, 0) is 30.0 Å². The van der Waals surface area contributed by atoms with Gasteiger partial charge in [0.05, 0.1) is 4.88 Å². The van der Waals surface area contributed by atoms with Gasteiger partial charge in [0, 0.05) is 19.2 Å². The van der Waals surface area contributed by atoms with E-state index in [9.17, 15) is 18.0 Å². The summed E-state index contributed by atoms with van der Waals surface area (Å²) in [6.45, 7) is 1.85. The lowest BCUT2D eigenvalue weighted by Gasteiger charge is -2.19. The third-order valence-corrected chi connectivity index (χ3v) is 4.01. The number of para-hydroxylation sites is 1. The summed E-state index contributed by atoms with van der Waals surface area (Å²) in [5.41, 5.74) is 1.14. The molecule has 2 aromatic rings. The largest absolute Gasteiger partial charge is 0.573 e. The summed E-state index contributed by atoms with van der Waals surface area (Å²) in [6, 6.07) is 7.62. The standard InChI is InChI=1S/C15H14F3NO2S/c1-10-7-8-22-13(10)14(20)19(2)9-11-5-3-4-6-12(11)21-15(16,17)18/h3-8H,9H2,1-2H3. The minimum absolute atomic E-state index is 0.0302. The number of benzene rings is 1. The van der Waals surface area contributed by atoms with Crippen LogP contribution in [0.4, 0.5) is 13.2 Å². The Bertz CT molecular complexity index is 667. The molecule has 1 amide bonds. The van der Waals surface area contributed by atoms with Gasteiger partial charge < -0.3 is 9.64 Å². The summed E-state index contributed by atoms with van der Waals surface area (Å²) in [4.78, 5) is 14.3. The second kappa shape index (κ2) is 6.39. The number of halogens is 3. The molecule has 0 aliphatic heterocycles. The number of alkyl halides is 3. The van der Waals surface area contributed by atoms with Gasteiger partial charge >= 0.3 is 6.36 Å². The van der Waals surface area contributed by atoms with Crippen molar-refractivity contribution in [3.63, 3.8) is 0 Å². The van der Waals surface area contributed by atoms with E-state index in [2.05, 4.69) is 4.74 Å². The first kappa shape index (κ1) is 16.4. The highest BCUT2D eigenvalue weighted by molar-refractivity contribution is 7.12. The van der Waals surface area contributed by atoms with Gasteiger partial charge in [-0.3, -0.25) is 4.79 Å². The van der Waals surface area contributed by atoms with Crippen LogP contribution in [0.2, 0.25) is 0 Å². The average molecular weight is 329 g/mol. The molecule has 0 radical (unpaired) electrons. The summed E-state index contributed by atoms with van der Waals surface area (Å²) >= 11 is 1.31. The van der Waals surface area contributed by atoms with Crippen molar-refractivity contribution in [2.24, 2.45) is 0 Å². The lowest BCUT2D eigenvalue weighted by Crippen LogP contribution is -2.27. The zero-order valence-electron chi connectivity index (χ0n) is 12.0. The minimum Gasteiger partial charge on any atom is -0.405 e. The van der Waals surface area contributed by atoms with Gasteiger partial charge in [-0.2, -0.15) is 0 Å². The highest BCUT2D eigenvalue weighted by Crippen LogP contribution is 2.27. The maximum Gasteiger partial charge on any atom is 0.573 e. The Morgan fingerprint density at radius 1 is 1.27 bits per heavy atom. The van der Waals surface area contributed by atoms with Crippen molar-refractivity contribution in [2.75, 3.05) is 7.05 Å². The Hall–Kier alpha value is -2.02. The van der Waals surface area contributed by atoms with E-state index in [1.54, 1.807) is 18.5 Å². The van der Waals surface area contributed by atoms with Crippen molar-refractivity contribution in [3.05, 3.63) is 51.7 Å². The van der Waals surface area contributed by atoms with Gasteiger partial charge in [0.15, 0.2) is 0 Å². The van der Waals surface area contributed by atoms with E-state index in [0.717, 1.165) is 5.56 Å². The third kappa shape index (κ3) is 4.00. The van der Waals surface area contributed by atoms with E-state index in [-0.39, 0.29) is 18.2 Å². The second-order valence-electron chi connectivity index (χ2n) is 4.75. The Morgan fingerprint density at radius 2 is 1.95 bits per heavy atom. The number of hydrogen-bond donors (Lipinski definition) is 0. The van der Waals surface area contributed by atoms with Crippen LogP contribution >= 0.6 is 11.3 Å². The van der Waals surface area contributed by atoms with E-state index in [0.29, 0.717) is 10.4 Å². The monoisotopic (exact) mass is 329 g/mol. The van der Waals surface area contributed by atoms with Crippen molar-refractivity contribution < 1.29 is 22.7 Å². The third-order valence-electron chi connectivity index (χ3n) is 3.01. The maximum atomic E-state index is 12.4. The fraction of sp³-hybridized carbons (Fsp3) is 0.267. The van der Waals surface area contributed by atoms with E-state index < -0.39 is 6.36 Å². The van der Waals surface area contributed by atoms with Crippen LogP contribution in [0.5, 0.6) is 5.75 Å². The van der Waals surface area contributed by atoms with Crippen molar-refractivity contribution in [1.29, 1.82) is 0 Å². The molecule has 0 N–H and O–H groups in total. The number of amides is 1. The molecule has 0 aliphatic rings. The van der Waals surface area contributed by atoms with Crippen molar-refractivity contribution in [3.8, 4) is 5.75 Å². The van der Waals surface area contributed by atoms with Gasteiger partial charge in [0.25, 0.3) is 5.91 Å². The molecule has 0 saturated heterocycles. The minimum atomic E-state index is -4.76. The molecule has 0 atom stereocenters. The lowest BCUT2D eigenvalue weighted by molar-refractivity contribution is -0.274. The predicted molar refractivity (Wildman–Crippen MR) is 78.0 cm³/mol. The fourth-order valence-corrected chi connectivity index (χ4v) is 2.87. The molecular weight excluding hydrogens is 315 g/mol. The van der Waals surface area contributed by atoms with Crippen molar-refractivity contribution in [2.45, 2.75) is 19.8 Å². The topological polar surface area (TPSA) is 29.5 Å². The van der Waals surface area contributed by atoms with Crippen molar-refractivity contribution >= 4 is 17.2 Å². The van der Waals surface area contributed by atoms with E-state index in [1.807, 2.05) is 13.0 Å². The number of carbonyl (C=O) groups is 1. The van der Waals surface area contributed by atoms with E-state index in [4.69, 9.17) is 0 Å². The number of ether oxygens (including phenoxy) is 1. The highest BCUT2D eigenvalue weighted by atomic mass is 32.1. The molecule has 0 saturated carbocycles. The van der Waals surface area contributed by atoms with E-state index in [1.165, 1.54) is 34.4 Å². The smallest absolute Gasteiger partial charge is 0.405 e. The van der Waals surface area contributed by atoms with Crippen LogP contribution in [0.25, 0.3) is 0 Å². The van der Waals surface area contributed by atoms with Crippen LogP contribution < -0.4 is 4.74 Å². The normalized spacial score (nSPS) is 11.3. The number of nitrogens with zero attached hydrogens (tertiary/aromatic N) is 1. The first-order valence-corrected chi connectivity index (χ1v) is 7.29. The number of rotatable bonds is 4. The molecule has 0 fully saturated rings. The SMILES string of the molecule is Cc1ccsc1C(=O)N(C)Cc1ccccc1OC(F)(F)F. The molecular formula is C15H14F3NO2S. The molecule has 118 valence electrons. The summed E-state index contributed by atoms with van der Waals surface area (Å²) in [7, 11) is 1.55. The first-order valence-electron chi connectivity index (χ1n) is 6.41. The molecule has 0 bridgehead atoms. The number of aryl methyl sites for hydroxylation is 1. The Balaban J connectivity index is 2.17. The molecule has 22 heavy (non-hydrogen) atoms. The first-order chi connectivity index (χ1) is 10.3. The number of thiophene rings is 1. The average Bonchev–Trinajstić information content (AvgIpc) is 2.84. The van der Waals surface area contributed by atoms with Crippen LogP contribution in [-0.4, -0.2) is 24.2 Å². The van der Waals surface area contributed by atoms with Gasteiger partial charge in [-0.15, -0.1) is 24.5 Å². The molecule has 0 unspecified atom stereocenters. The fourth-order valence-electron chi connectivity index (χ4n) is 1.95. The van der Waals surface area contributed by atoms with E-state index >= 15 is 0 Å². The Kier molecular flexibility index (Phi) is 4.75. The zero-order chi connectivity index (χ0) is 16.3. The molecule has 1 aromatic heterocycles. The number of hydrogen-bond acceptors (Lipinski definition) is 3. The summed E-state index contributed by atoms with van der Waals surface area (Å²) in [6.07, 6.45) is -4.76. The molecule has 0 spiro atoms. The molecule has 2 rings (SSSR count). The Labute approximate surface area is 129 Å². The maximum absolute atomic E-state index is 12.4. The zero-order valence-corrected chi connectivity index (χ0v) is 12.8. The molecule has 3 nitrogen and oxygen atoms in total. The molecule has 0 aliphatic carbocycles. The van der Waals surface area contributed by atoms with Crippen LogP contribution in [-0.2, 0) is 6.54 Å². The van der Waals surface area contributed by atoms with Gasteiger partial charge in [-0.25, -0.2) is 0 Å². The number of carbonyl (C=O) groups excluding carboxylic acids is 1. The second-order valence-corrected chi connectivity index (χ2v) is 5.67. The lowest BCUT2D eigenvalue weighted by atomic mass is 10.2. The molecule has 1 aromatic carbocycles.